The molecule has 2 N–H and O–H groups in total. The minimum Gasteiger partial charge on any atom is -0.493 e. The lowest BCUT2D eigenvalue weighted by atomic mass is 9.79. The van der Waals surface area contributed by atoms with Gasteiger partial charge >= 0.3 is 5.97 Å². The van der Waals surface area contributed by atoms with E-state index in [0.717, 1.165) is 18.1 Å². The molecule has 1 saturated heterocycles. The Labute approximate surface area is 204 Å². The number of esters is 1. The maximum atomic E-state index is 13.6. The van der Waals surface area contributed by atoms with Crippen LogP contribution in [0.5, 0.6) is 11.5 Å². The van der Waals surface area contributed by atoms with Crippen LogP contribution >= 0.6 is 0 Å². The first-order valence-corrected chi connectivity index (χ1v) is 9.47. The standard InChI is InChI=1S/C24H38N2O4/c1-14(2)9-17-13-26-8-7-16-10-21(28-5)22(29-6)11-18(16)19(26)12-20(17)30-24(27)23(25)15(3)4/h10-11,14-15,17,19-20,23H,7-9,12-13,25H2,1-6H3/t17?,19?,20?,23-/m0/s1/i3D3,4D3,5D3,12D2,13D2,15D,17D,19D,23D. The molecule has 0 saturated carbocycles. The zero-order valence-corrected chi connectivity index (χ0v) is 17.1. The number of carbonyl (C=O) groups is 1. The van der Waals surface area contributed by atoms with E-state index in [4.69, 9.17) is 37.8 Å². The Morgan fingerprint density at radius 2 is 2.17 bits per heavy atom. The molecule has 0 amide bonds. The summed E-state index contributed by atoms with van der Waals surface area (Å²) in [6, 6.07) is -4.58. The number of nitrogens with zero attached hydrogens (tertiary/aromatic N) is 1. The van der Waals surface area contributed by atoms with Gasteiger partial charge in [-0.3, -0.25) is 9.69 Å². The van der Waals surface area contributed by atoms with E-state index in [9.17, 15) is 10.3 Å². The number of nitrogens with two attached hydrogens (primary N) is 1. The van der Waals surface area contributed by atoms with Crippen LogP contribution in [0, 0.1) is 17.7 Å². The summed E-state index contributed by atoms with van der Waals surface area (Å²) in [7, 11) is -1.79. The lowest BCUT2D eigenvalue weighted by Gasteiger charge is -2.47. The highest BCUT2D eigenvalue weighted by Crippen LogP contribution is 2.44. The maximum Gasteiger partial charge on any atom is 0.323 e. The van der Waals surface area contributed by atoms with Gasteiger partial charge in [-0.15, -0.1) is 0 Å². The smallest absolute Gasteiger partial charge is 0.323 e. The number of hydrogen-bond donors (Lipinski definition) is 1. The molecular formula is C24H38N2O4. The summed E-state index contributed by atoms with van der Waals surface area (Å²) in [5.41, 5.74) is 5.55. The number of hydrogen-bond acceptors (Lipinski definition) is 6. The summed E-state index contributed by atoms with van der Waals surface area (Å²) in [6.07, 6.45) is -6.58. The molecule has 30 heavy (non-hydrogen) atoms. The zero-order chi connectivity index (χ0) is 36.8. The number of fused-ring (bicyclic) bond motifs is 3. The van der Waals surface area contributed by atoms with Crippen LogP contribution in [-0.4, -0.2) is 50.2 Å². The highest BCUT2D eigenvalue weighted by atomic mass is 16.5. The largest absolute Gasteiger partial charge is 0.493 e. The highest BCUT2D eigenvalue weighted by Gasteiger charge is 2.41. The van der Waals surface area contributed by atoms with Gasteiger partial charge in [-0.2, -0.15) is 0 Å². The Morgan fingerprint density at radius 3 is 2.83 bits per heavy atom. The van der Waals surface area contributed by atoms with Crippen molar-refractivity contribution < 1.29 is 42.3 Å². The first-order chi connectivity index (χ1) is 20.8. The highest BCUT2D eigenvalue weighted by molar-refractivity contribution is 5.76. The summed E-state index contributed by atoms with van der Waals surface area (Å²) in [5, 5.41) is 0. The fourth-order valence-electron chi connectivity index (χ4n) is 3.43. The van der Waals surface area contributed by atoms with Crippen molar-refractivity contribution in [2.75, 3.05) is 27.2 Å². The molecule has 1 aromatic rings. The predicted octanol–water partition coefficient (Wildman–Crippen LogP) is 3.56. The first-order valence-electron chi connectivity index (χ1n) is 18.0. The Balaban J connectivity index is 2.34. The van der Waals surface area contributed by atoms with Gasteiger partial charge in [0.05, 0.1) is 21.0 Å². The Kier molecular flexibility index (Phi) is 2.99. The molecule has 3 rings (SSSR count). The third kappa shape index (κ3) is 4.75. The molecule has 2 heterocycles. The van der Waals surface area contributed by atoms with Crippen molar-refractivity contribution in [3.8, 4) is 11.5 Å². The molecule has 6 nitrogen and oxygen atoms in total. The predicted molar refractivity (Wildman–Crippen MR) is 118 cm³/mol. The second-order valence-electron chi connectivity index (χ2n) is 7.47. The first kappa shape index (κ1) is 9.37. The monoisotopic (exact) mass is 435 g/mol. The van der Waals surface area contributed by atoms with Crippen molar-refractivity contribution in [1.29, 1.82) is 0 Å². The van der Waals surface area contributed by atoms with Crippen LogP contribution < -0.4 is 15.2 Å². The van der Waals surface area contributed by atoms with Gasteiger partial charge in [-0.1, -0.05) is 27.6 Å². The van der Waals surface area contributed by atoms with Crippen molar-refractivity contribution in [3.63, 3.8) is 0 Å². The molecule has 168 valence electrons. The number of carbonyl (C=O) groups excluding carboxylic acids is 1. The Bertz CT molecular complexity index is 1360. The van der Waals surface area contributed by atoms with Gasteiger partial charge in [0.1, 0.15) is 12.1 Å². The van der Waals surface area contributed by atoms with E-state index in [1.165, 1.54) is 6.07 Å². The van der Waals surface area contributed by atoms with Crippen LogP contribution in [0.25, 0.3) is 0 Å². The van der Waals surface area contributed by atoms with E-state index < -0.39 is 88.4 Å². The van der Waals surface area contributed by atoms with Crippen LogP contribution in [0.2, 0.25) is 0 Å². The molecule has 0 aliphatic carbocycles. The number of piperidine rings is 1. The summed E-state index contributed by atoms with van der Waals surface area (Å²) >= 11 is 0. The summed E-state index contributed by atoms with van der Waals surface area (Å²) in [4.78, 5) is 14.4. The lowest BCUT2D eigenvalue weighted by Crippen LogP contribution is -2.51. The van der Waals surface area contributed by atoms with Crippen molar-refractivity contribution >= 4 is 5.97 Å². The number of benzene rings is 1. The van der Waals surface area contributed by atoms with Gasteiger partial charge in [-0.25, -0.2) is 0 Å². The average Bonchev–Trinajstić information content (AvgIpc) is 2.87. The van der Waals surface area contributed by atoms with E-state index in [1.54, 1.807) is 13.8 Å². The van der Waals surface area contributed by atoms with Gasteiger partial charge in [0.25, 0.3) is 0 Å². The van der Waals surface area contributed by atoms with E-state index in [2.05, 4.69) is 0 Å². The molecule has 1 aromatic carbocycles. The van der Waals surface area contributed by atoms with E-state index in [1.807, 2.05) is 0 Å². The fraction of sp³-hybridized carbons (Fsp3) is 0.708. The molecule has 4 atom stereocenters. The van der Waals surface area contributed by atoms with Crippen LogP contribution in [0.1, 0.15) is 80.8 Å². The number of ether oxygens (including phenoxy) is 3. The molecule has 0 radical (unpaired) electrons. The quantitative estimate of drug-likeness (QED) is 0.660. The van der Waals surface area contributed by atoms with Gasteiger partial charge in [0, 0.05) is 47.8 Å². The minimum absolute atomic E-state index is 0.0771. The number of methoxy groups -OCH3 is 2. The molecule has 3 unspecified atom stereocenters. The Hall–Kier alpha value is -1.79. The second-order valence-corrected chi connectivity index (χ2v) is 7.47. The summed E-state index contributed by atoms with van der Waals surface area (Å²) in [5.74, 6) is -10.2. The fourth-order valence-corrected chi connectivity index (χ4v) is 3.43. The van der Waals surface area contributed by atoms with Gasteiger partial charge in [0.15, 0.2) is 11.5 Å². The van der Waals surface area contributed by atoms with Crippen molar-refractivity contribution in [2.45, 2.75) is 64.9 Å². The normalized spacial score (nSPS) is 44.2. The van der Waals surface area contributed by atoms with E-state index in [-0.39, 0.29) is 29.0 Å². The molecule has 1 fully saturated rings. The SMILES string of the molecule is [2H]C([2H])([2H])Oc1cc2c(cc1OC)C1([2H])N(CC2)C([2H])([2H])C([2H])(CC(C)C)C(OC(=O)[C@@]([2H])(N)C([2H])(C([2H])([2H])[2H])C([2H])([2H])[2H])C1([2H])[2H]. The molecule has 6 heteroatoms. The lowest BCUT2D eigenvalue weighted by molar-refractivity contribution is -0.160. The molecule has 0 bridgehead atoms. The average molecular weight is 436 g/mol. The van der Waals surface area contributed by atoms with E-state index in [0.29, 0.717) is 0 Å². The summed E-state index contributed by atoms with van der Waals surface area (Å²) in [6.45, 7) is -8.09. The van der Waals surface area contributed by atoms with E-state index >= 15 is 0 Å². The minimum atomic E-state index is -4.04. The molecule has 2 aliphatic heterocycles. The third-order valence-corrected chi connectivity index (χ3v) is 4.83. The van der Waals surface area contributed by atoms with Crippen LogP contribution in [-0.2, 0) is 16.0 Å². The van der Waals surface area contributed by atoms with Crippen molar-refractivity contribution in [3.05, 3.63) is 23.3 Å². The van der Waals surface area contributed by atoms with Crippen LogP contribution in [0.4, 0.5) is 0 Å². The Morgan fingerprint density at radius 1 is 1.40 bits per heavy atom. The molecular weight excluding hydrogens is 380 g/mol. The van der Waals surface area contributed by atoms with Gasteiger partial charge in [-0.05, 0) is 47.9 Å². The van der Waals surface area contributed by atoms with Crippen LogP contribution in [0.15, 0.2) is 12.1 Å². The topological polar surface area (TPSA) is 74.0 Å². The summed E-state index contributed by atoms with van der Waals surface area (Å²) < 4.78 is 157. The van der Waals surface area contributed by atoms with Crippen LogP contribution in [0.3, 0.4) is 0 Å². The van der Waals surface area contributed by atoms with Gasteiger partial charge in [0.2, 0.25) is 0 Å². The second kappa shape index (κ2) is 9.56. The molecule has 0 spiro atoms. The van der Waals surface area contributed by atoms with Crippen molar-refractivity contribution in [1.82, 2.24) is 4.90 Å². The third-order valence-electron chi connectivity index (χ3n) is 4.83. The molecule has 0 aromatic heterocycles. The molecule has 2 aliphatic rings. The number of rotatable bonds is 7. The zero-order valence-electron chi connectivity index (χ0n) is 34.1. The van der Waals surface area contributed by atoms with Gasteiger partial charge < -0.3 is 19.9 Å². The maximum absolute atomic E-state index is 13.6. The van der Waals surface area contributed by atoms with Crippen molar-refractivity contribution in [2.24, 2.45) is 23.4 Å².